The lowest BCUT2D eigenvalue weighted by atomic mass is 10.2. The van der Waals surface area contributed by atoms with Crippen molar-refractivity contribution < 1.29 is 0 Å². The zero-order chi connectivity index (χ0) is 13.2. The molecule has 0 unspecified atom stereocenters. The molecule has 0 aliphatic carbocycles. The molecular formula is C12H10ClN5S. The minimum absolute atomic E-state index is 0.663. The Balaban J connectivity index is 1.86. The van der Waals surface area contributed by atoms with Crippen LogP contribution in [0, 0.1) is 0 Å². The maximum Gasteiger partial charge on any atom is 0.181 e. The smallest absolute Gasteiger partial charge is 0.181 e. The number of benzene rings is 1. The summed E-state index contributed by atoms with van der Waals surface area (Å²) < 4.78 is 0. The molecule has 1 aromatic carbocycles. The van der Waals surface area contributed by atoms with E-state index in [1.165, 1.54) is 6.33 Å². The number of aromatic nitrogens is 4. The fourth-order valence-electron chi connectivity index (χ4n) is 1.70. The molecule has 0 aliphatic rings. The molecule has 0 aliphatic heterocycles. The first-order valence-corrected chi connectivity index (χ1v) is 6.91. The van der Waals surface area contributed by atoms with Gasteiger partial charge in [-0.2, -0.15) is 0 Å². The molecule has 0 amide bonds. The van der Waals surface area contributed by atoms with Crippen LogP contribution in [0.15, 0.2) is 35.9 Å². The number of nitrogen functional groups attached to an aromatic ring is 1. The van der Waals surface area contributed by atoms with Crippen LogP contribution >= 0.6 is 23.4 Å². The summed E-state index contributed by atoms with van der Waals surface area (Å²) in [6.07, 6.45) is 3.12. The van der Waals surface area contributed by atoms with Gasteiger partial charge < -0.3 is 10.7 Å². The molecule has 19 heavy (non-hydrogen) atoms. The van der Waals surface area contributed by atoms with Gasteiger partial charge in [-0.3, -0.25) is 0 Å². The second-order valence-electron chi connectivity index (χ2n) is 3.91. The van der Waals surface area contributed by atoms with Gasteiger partial charge in [0, 0.05) is 16.5 Å². The molecule has 0 atom stereocenters. The van der Waals surface area contributed by atoms with Gasteiger partial charge in [0.05, 0.1) is 6.33 Å². The Hall–Kier alpha value is -1.79. The summed E-state index contributed by atoms with van der Waals surface area (Å²) >= 11 is 7.54. The molecule has 96 valence electrons. The van der Waals surface area contributed by atoms with Crippen LogP contribution in [0.2, 0.25) is 5.02 Å². The van der Waals surface area contributed by atoms with Crippen molar-refractivity contribution >= 4 is 40.2 Å². The van der Waals surface area contributed by atoms with Crippen molar-refractivity contribution in [2.24, 2.45) is 0 Å². The summed E-state index contributed by atoms with van der Waals surface area (Å²) in [5.41, 5.74) is 9.14. The Morgan fingerprint density at radius 1 is 1.26 bits per heavy atom. The number of imidazole rings is 1. The molecule has 0 radical (unpaired) electrons. The summed E-state index contributed by atoms with van der Waals surface area (Å²) in [6.45, 7) is 0. The number of anilines is 1. The average Bonchev–Trinajstić information content (AvgIpc) is 2.88. The Kier molecular flexibility index (Phi) is 3.27. The Morgan fingerprint density at radius 3 is 3.05 bits per heavy atom. The Labute approximate surface area is 118 Å². The van der Waals surface area contributed by atoms with Crippen LogP contribution in [-0.4, -0.2) is 19.9 Å². The fraction of sp³-hybridized carbons (Fsp3) is 0.0833. The molecule has 7 heteroatoms. The zero-order valence-electron chi connectivity index (χ0n) is 9.80. The zero-order valence-corrected chi connectivity index (χ0v) is 11.4. The number of nitrogens with one attached hydrogen (secondary N) is 1. The molecule has 2 aromatic heterocycles. The van der Waals surface area contributed by atoms with Crippen molar-refractivity contribution in [2.45, 2.75) is 10.8 Å². The number of fused-ring (bicyclic) bond motifs is 1. The fourth-order valence-corrected chi connectivity index (χ4v) is 2.85. The van der Waals surface area contributed by atoms with Crippen molar-refractivity contribution in [3.05, 3.63) is 41.4 Å². The van der Waals surface area contributed by atoms with Crippen molar-refractivity contribution in [1.82, 2.24) is 19.9 Å². The van der Waals surface area contributed by atoms with Crippen LogP contribution in [0.4, 0.5) is 5.69 Å². The second kappa shape index (κ2) is 5.07. The number of nitrogens with two attached hydrogens (primary N) is 1. The standard InChI is InChI=1S/C12H10ClN5S/c13-8-1-2-9(14)7(3-8)4-19-12-10-11(16-5-15-10)17-6-18-12/h1-3,5-6H,4,14H2,(H,15,16,17,18). The summed E-state index contributed by atoms with van der Waals surface area (Å²) in [5.74, 6) is 0.692. The minimum atomic E-state index is 0.663. The number of halogens is 1. The molecule has 2 heterocycles. The van der Waals surface area contributed by atoms with E-state index in [4.69, 9.17) is 17.3 Å². The van der Waals surface area contributed by atoms with Gasteiger partial charge in [-0.25, -0.2) is 15.0 Å². The second-order valence-corrected chi connectivity index (χ2v) is 5.31. The molecule has 0 bridgehead atoms. The van der Waals surface area contributed by atoms with E-state index >= 15 is 0 Å². The molecule has 0 spiro atoms. The van der Waals surface area contributed by atoms with E-state index in [1.807, 2.05) is 12.1 Å². The monoisotopic (exact) mass is 291 g/mol. The van der Waals surface area contributed by atoms with Crippen LogP contribution in [0.5, 0.6) is 0 Å². The SMILES string of the molecule is Nc1ccc(Cl)cc1CSc1ncnc2nc[nH]c12. The maximum absolute atomic E-state index is 5.97. The van der Waals surface area contributed by atoms with Gasteiger partial charge in [0.15, 0.2) is 5.65 Å². The lowest BCUT2D eigenvalue weighted by Crippen LogP contribution is -1.93. The number of H-pyrrole nitrogens is 1. The predicted molar refractivity (Wildman–Crippen MR) is 77.1 cm³/mol. The van der Waals surface area contributed by atoms with E-state index in [1.54, 1.807) is 24.2 Å². The quantitative estimate of drug-likeness (QED) is 0.440. The third-order valence-corrected chi connectivity index (χ3v) is 3.93. The van der Waals surface area contributed by atoms with E-state index in [9.17, 15) is 0 Å². The molecule has 3 rings (SSSR count). The van der Waals surface area contributed by atoms with Gasteiger partial charge in [-0.15, -0.1) is 0 Å². The third-order valence-electron chi connectivity index (χ3n) is 2.66. The highest BCUT2D eigenvalue weighted by Gasteiger charge is 2.08. The Morgan fingerprint density at radius 2 is 2.16 bits per heavy atom. The van der Waals surface area contributed by atoms with Crippen LogP contribution in [0.1, 0.15) is 5.56 Å². The predicted octanol–water partition coefficient (Wildman–Crippen LogP) is 2.88. The Bertz CT molecular complexity index is 727. The number of hydrogen-bond acceptors (Lipinski definition) is 5. The van der Waals surface area contributed by atoms with Gasteiger partial charge in [-0.05, 0) is 23.8 Å². The van der Waals surface area contributed by atoms with Crippen LogP contribution in [0.25, 0.3) is 11.2 Å². The van der Waals surface area contributed by atoms with E-state index < -0.39 is 0 Å². The van der Waals surface area contributed by atoms with E-state index in [2.05, 4.69) is 19.9 Å². The van der Waals surface area contributed by atoms with Gasteiger partial charge in [0.2, 0.25) is 0 Å². The number of aromatic amines is 1. The number of nitrogens with zero attached hydrogens (tertiary/aromatic N) is 3. The molecule has 0 fully saturated rings. The van der Waals surface area contributed by atoms with E-state index in [0.29, 0.717) is 16.4 Å². The van der Waals surface area contributed by atoms with Gasteiger partial charge in [0.1, 0.15) is 16.9 Å². The maximum atomic E-state index is 5.97. The first-order valence-electron chi connectivity index (χ1n) is 5.55. The summed E-state index contributed by atoms with van der Waals surface area (Å²) in [6, 6.07) is 5.46. The van der Waals surface area contributed by atoms with Crippen molar-refractivity contribution in [1.29, 1.82) is 0 Å². The molecule has 3 aromatic rings. The van der Waals surface area contributed by atoms with Crippen LogP contribution in [0.3, 0.4) is 0 Å². The van der Waals surface area contributed by atoms with Gasteiger partial charge in [-0.1, -0.05) is 23.4 Å². The number of rotatable bonds is 3. The largest absolute Gasteiger partial charge is 0.398 e. The number of hydrogen-bond donors (Lipinski definition) is 2. The highest BCUT2D eigenvalue weighted by atomic mass is 35.5. The molecule has 0 saturated carbocycles. The average molecular weight is 292 g/mol. The van der Waals surface area contributed by atoms with Crippen molar-refractivity contribution in [3.63, 3.8) is 0 Å². The number of thioether (sulfide) groups is 1. The van der Waals surface area contributed by atoms with Crippen molar-refractivity contribution in [3.8, 4) is 0 Å². The molecular weight excluding hydrogens is 282 g/mol. The summed E-state index contributed by atoms with van der Waals surface area (Å²) in [4.78, 5) is 15.5. The molecule has 5 nitrogen and oxygen atoms in total. The summed E-state index contributed by atoms with van der Waals surface area (Å²) in [5, 5.41) is 1.53. The van der Waals surface area contributed by atoms with E-state index in [-0.39, 0.29) is 0 Å². The molecule has 0 saturated heterocycles. The highest BCUT2D eigenvalue weighted by molar-refractivity contribution is 7.98. The lowest BCUT2D eigenvalue weighted by Gasteiger charge is -2.06. The van der Waals surface area contributed by atoms with Gasteiger partial charge >= 0.3 is 0 Å². The van der Waals surface area contributed by atoms with Crippen molar-refractivity contribution in [2.75, 3.05) is 5.73 Å². The summed E-state index contributed by atoms with van der Waals surface area (Å²) in [7, 11) is 0. The van der Waals surface area contributed by atoms with Gasteiger partial charge in [0.25, 0.3) is 0 Å². The van der Waals surface area contributed by atoms with Crippen LogP contribution < -0.4 is 5.73 Å². The minimum Gasteiger partial charge on any atom is -0.398 e. The van der Waals surface area contributed by atoms with Crippen LogP contribution in [-0.2, 0) is 5.75 Å². The topological polar surface area (TPSA) is 80.5 Å². The molecule has 3 N–H and O–H groups in total. The normalized spacial score (nSPS) is 11.0. The third kappa shape index (κ3) is 2.50. The van der Waals surface area contributed by atoms with E-state index in [0.717, 1.165) is 21.8 Å². The first kappa shape index (κ1) is 12.3. The lowest BCUT2D eigenvalue weighted by molar-refractivity contribution is 1.08. The highest BCUT2D eigenvalue weighted by Crippen LogP contribution is 2.28. The first-order chi connectivity index (χ1) is 9.24.